The minimum atomic E-state index is -3.42. The summed E-state index contributed by atoms with van der Waals surface area (Å²) in [5.41, 5.74) is 3.64. The van der Waals surface area contributed by atoms with Gasteiger partial charge in [-0.15, -0.1) is 0 Å². The first-order valence-electron chi connectivity index (χ1n) is 23.7. The molecule has 0 aliphatic carbocycles. The van der Waals surface area contributed by atoms with Crippen molar-refractivity contribution in [1.29, 1.82) is 0 Å². The molecule has 0 unspecified atom stereocenters. The van der Waals surface area contributed by atoms with Gasteiger partial charge in [0.15, 0.2) is 0 Å². The molecule has 2 saturated heterocycles. The molecule has 2 fully saturated rings. The highest BCUT2D eigenvalue weighted by molar-refractivity contribution is 7.89. The van der Waals surface area contributed by atoms with E-state index in [1.807, 2.05) is 36.4 Å². The number of benzene rings is 4. The normalized spacial score (nSPS) is 18.0. The van der Waals surface area contributed by atoms with Crippen LogP contribution in [-0.4, -0.2) is 133 Å². The Bertz CT molecular complexity index is 3260. The third-order valence-corrected chi connectivity index (χ3v) is 15.4. The van der Waals surface area contributed by atoms with Crippen molar-refractivity contribution in [3.8, 4) is 45.3 Å². The summed E-state index contributed by atoms with van der Waals surface area (Å²) < 4.78 is 78.3. The van der Waals surface area contributed by atoms with Crippen molar-refractivity contribution in [2.24, 2.45) is 11.8 Å². The molecule has 2 aliphatic rings. The Morgan fingerprint density at radius 2 is 1.11 bits per heavy atom. The summed E-state index contributed by atoms with van der Waals surface area (Å²) in [7, 11) is -0.485. The topological polar surface area (TPSA) is 222 Å². The SMILES string of the molecule is COc1cc(OC)c(Cl)c(-c2ccc3nc(C[C@@H]4CN[C@H](CNS(C)(=O)=O)C4)ncc3c2)c1Cl.COc1cc(OC)c(Cl)c(-c2ccc3nc(C[C@H]4C[C@@H](CNS(C)(=O)=O)N(C(=O)OC(C)(C)C)C4)ncc3c2)c1Cl. The van der Waals surface area contributed by atoms with Gasteiger partial charge in [-0.05, 0) is 87.4 Å². The molecule has 8 rings (SSSR count). The number of fused-ring (bicyclic) bond motifs is 2. The lowest BCUT2D eigenvalue weighted by Crippen LogP contribution is -2.45. The fraction of sp³-hybridized carbons (Fsp3) is 0.431. The number of ether oxygens (including phenoxy) is 5. The Kier molecular flexibility index (Phi) is 18.5. The van der Waals surface area contributed by atoms with Gasteiger partial charge >= 0.3 is 6.09 Å². The molecule has 4 heterocycles. The zero-order chi connectivity index (χ0) is 54.6. The first-order valence-corrected chi connectivity index (χ1v) is 29.0. The van der Waals surface area contributed by atoms with Crippen LogP contribution in [0.15, 0.2) is 60.9 Å². The molecule has 2 aromatic heterocycles. The summed E-state index contributed by atoms with van der Waals surface area (Å²) in [5, 5.41) is 6.55. The number of amides is 1. The first kappa shape index (κ1) is 57.7. The van der Waals surface area contributed by atoms with Gasteiger partial charge in [-0.1, -0.05) is 58.5 Å². The molecule has 2 aliphatic heterocycles. The van der Waals surface area contributed by atoms with Crippen LogP contribution in [0.25, 0.3) is 44.1 Å². The smallest absolute Gasteiger partial charge is 0.410 e. The van der Waals surface area contributed by atoms with E-state index in [-0.39, 0.29) is 24.5 Å². The number of likely N-dealkylation sites (tertiary alicyclic amines) is 1. The van der Waals surface area contributed by atoms with Crippen molar-refractivity contribution in [3.05, 3.63) is 92.7 Å². The fourth-order valence-corrected chi connectivity index (χ4v) is 11.5. The number of methoxy groups -OCH3 is 4. The number of rotatable bonds is 16. The molecule has 4 aromatic carbocycles. The summed E-state index contributed by atoms with van der Waals surface area (Å²) in [6, 6.07) is 14.5. The van der Waals surface area contributed by atoms with E-state index in [4.69, 9.17) is 80.1 Å². The van der Waals surface area contributed by atoms with Gasteiger partial charge in [-0.2, -0.15) is 0 Å². The lowest BCUT2D eigenvalue weighted by atomic mass is 10.0. The van der Waals surface area contributed by atoms with Crippen molar-refractivity contribution < 1.29 is 45.3 Å². The molecular formula is C51H60Cl4N8O10S2. The molecule has 404 valence electrons. The first-order chi connectivity index (χ1) is 35.4. The van der Waals surface area contributed by atoms with Gasteiger partial charge < -0.3 is 33.9 Å². The molecule has 0 bridgehead atoms. The predicted molar refractivity (Wildman–Crippen MR) is 294 cm³/mol. The number of halogens is 4. The van der Waals surface area contributed by atoms with Crippen LogP contribution in [0.1, 0.15) is 45.3 Å². The molecule has 0 spiro atoms. The maximum atomic E-state index is 12.9. The monoisotopic (exact) mass is 1150 g/mol. The molecular weight excluding hydrogens is 1090 g/mol. The highest BCUT2D eigenvalue weighted by atomic mass is 35.5. The fourth-order valence-electron chi connectivity index (χ4n) is 9.06. The van der Waals surface area contributed by atoms with Crippen molar-refractivity contribution in [3.63, 3.8) is 0 Å². The number of aromatic nitrogens is 4. The average molecular weight is 1150 g/mol. The summed E-state index contributed by atoms with van der Waals surface area (Å²) in [6.07, 6.45) is 7.99. The molecule has 1 amide bonds. The van der Waals surface area contributed by atoms with Crippen LogP contribution in [0.3, 0.4) is 0 Å². The Morgan fingerprint density at radius 3 is 1.53 bits per heavy atom. The number of nitrogens with one attached hydrogen (secondary N) is 3. The minimum Gasteiger partial charge on any atom is -0.495 e. The number of sulfonamides is 2. The molecule has 24 heteroatoms. The third-order valence-electron chi connectivity index (χ3n) is 12.5. The largest absolute Gasteiger partial charge is 0.495 e. The number of carbonyl (C=O) groups is 1. The Morgan fingerprint density at radius 1 is 0.667 bits per heavy atom. The molecule has 4 atom stereocenters. The molecule has 75 heavy (non-hydrogen) atoms. The van der Waals surface area contributed by atoms with E-state index < -0.39 is 31.7 Å². The van der Waals surface area contributed by atoms with Gasteiger partial charge in [0.05, 0.1) is 72.1 Å². The van der Waals surface area contributed by atoms with E-state index in [9.17, 15) is 21.6 Å². The van der Waals surface area contributed by atoms with Crippen LogP contribution in [0.5, 0.6) is 23.0 Å². The quantitative estimate of drug-likeness (QED) is 0.0823. The van der Waals surface area contributed by atoms with Crippen molar-refractivity contribution in [2.45, 2.75) is 64.1 Å². The maximum absolute atomic E-state index is 12.9. The van der Waals surface area contributed by atoms with E-state index >= 15 is 0 Å². The highest BCUT2D eigenvalue weighted by Crippen LogP contribution is 2.48. The molecule has 6 aromatic rings. The van der Waals surface area contributed by atoms with Crippen molar-refractivity contribution in [2.75, 3.05) is 67.1 Å². The van der Waals surface area contributed by atoms with Crippen LogP contribution in [-0.2, 0) is 37.6 Å². The highest BCUT2D eigenvalue weighted by Gasteiger charge is 2.38. The van der Waals surface area contributed by atoms with E-state index in [1.165, 1.54) is 20.5 Å². The van der Waals surface area contributed by atoms with E-state index in [1.54, 1.807) is 64.4 Å². The zero-order valence-electron chi connectivity index (χ0n) is 42.9. The number of carbonyl (C=O) groups excluding carboxylic acids is 1. The second kappa shape index (κ2) is 24.1. The summed E-state index contributed by atoms with van der Waals surface area (Å²) >= 11 is 26.3. The summed E-state index contributed by atoms with van der Waals surface area (Å²) in [5.74, 6) is 3.56. The third kappa shape index (κ3) is 14.7. The number of hydrogen-bond acceptors (Lipinski definition) is 15. The molecule has 0 saturated carbocycles. The van der Waals surface area contributed by atoms with Crippen molar-refractivity contribution >= 4 is 94.3 Å². The Balaban J connectivity index is 0.000000222. The molecule has 3 N–H and O–H groups in total. The summed E-state index contributed by atoms with van der Waals surface area (Å²) in [4.78, 5) is 33.1. The van der Waals surface area contributed by atoms with Gasteiger partial charge in [0.25, 0.3) is 0 Å². The van der Waals surface area contributed by atoms with Gasteiger partial charge in [-0.25, -0.2) is 51.0 Å². The second-order valence-corrected chi connectivity index (χ2v) is 24.6. The van der Waals surface area contributed by atoms with Gasteiger partial charge in [0.1, 0.15) is 40.2 Å². The minimum absolute atomic E-state index is 0.0208. The second-order valence-electron chi connectivity index (χ2n) is 19.4. The van der Waals surface area contributed by atoms with E-state index in [0.29, 0.717) is 98.3 Å². The molecule has 0 radical (unpaired) electrons. The van der Waals surface area contributed by atoms with Gasteiger partial charge in [-0.3, -0.25) is 0 Å². The number of hydrogen-bond donors (Lipinski definition) is 3. The van der Waals surface area contributed by atoms with E-state index in [0.717, 1.165) is 58.0 Å². The van der Waals surface area contributed by atoms with Crippen LogP contribution >= 0.6 is 46.4 Å². The van der Waals surface area contributed by atoms with Crippen molar-refractivity contribution in [1.82, 2.24) is 39.6 Å². The van der Waals surface area contributed by atoms with Gasteiger partial charge in [0.2, 0.25) is 20.0 Å². The summed E-state index contributed by atoms with van der Waals surface area (Å²) in [6.45, 7) is 7.08. The average Bonchev–Trinajstić information content (AvgIpc) is 3.98. The van der Waals surface area contributed by atoms with Crippen LogP contribution < -0.4 is 33.7 Å². The maximum Gasteiger partial charge on any atom is 0.410 e. The lowest BCUT2D eigenvalue weighted by Gasteiger charge is -2.28. The van der Waals surface area contributed by atoms with Crippen LogP contribution in [0, 0.1) is 11.8 Å². The standard InChI is InChI=1S/C28H34Cl2N4O6S.C23H26Cl2N4O4S/c1-28(2,3)40-27(35)34-15-16(9-19(34)14-32-41(6,36)37)10-23-31-13-18-11-17(7-8-20(18)33-23)24-25(29)21(38-4)12-22(39-5)26(24)30;1-32-18-9-19(33-2)23(25)21(22(18)24)14-4-5-17-15(8-14)11-27-20(29-17)7-13-6-16(26-10-13)12-28-34(3,30)31/h7-8,11-13,16,19,32H,9-10,14-15H2,1-6H3;4-5,8-9,11,13,16,26,28H,6-7,10,12H2,1-3H3/t16-,19+;13-,16+/m11/s1. The predicted octanol–water partition coefficient (Wildman–Crippen LogP) is 9.03. The zero-order valence-corrected chi connectivity index (χ0v) is 47.5. The number of nitrogens with zero attached hydrogens (tertiary/aromatic N) is 5. The molecule has 18 nitrogen and oxygen atoms in total. The van der Waals surface area contributed by atoms with E-state index in [2.05, 4.69) is 24.7 Å². The van der Waals surface area contributed by atoms with Crippen LogP contribution in [0.2, 0.25) is 20.1 Å². The Hall–Kier alpha value is -5.03. The van der Waals surface area contributed by atoms with Crippen LogP contribution in [0.4, 0.5) is 4.79 Å². The Labute approximate surface area is 457 Å². The lowest BCUT2D eigenvalue weighted by molar-refractivity contribution is 0.0224. The van der Waals surface area contributed by atoms with Gasteiger partial charge in [0, 0.05) is 91.0 Å².